The zero-order valence-electron chi connectivity index (χ0n) is 18.7. The second-order valence-electron chi connectivity index (χ2n) is 8.58. The number of nitrogens with one attached hydrogen (secondary N) is 5. The molecule has 1 heterocycles. The first-order valence-electron chi connectivity index (χ1n) is 11.0. The highest BCUT2D eigenvalue weighted by Gasteiger charge is 2.39. The van der Waals surface area contributed by atoms with E-state index >= 15 is 0 Å². The molecule has 0 aromatic heterocycles. The van der Waals surface area contributed by atoms with E-state index in [1.165, 1.54) is 24.3 Å². The maximum atomic E-state index is 12.9. The Kier molecular flexibility index (Phi) is 5.88. The summed E-state index contributed by atoms with van der Waals surface area (Å²) in [6, 6.07) is 18.4. The van der Waals surface area contributed by atoms with Crippen LogP contribution in [0.15, 0.2) is 77.7 Å². The molecule has 1 saturated heterocycles. The van der Waals surface area contributed by atoms with E-state index in [9.17, 15) is 27.7 Å². The number of benzene rings is 3. The standard InChI is InChI=1S/C24H23N5O6S/c30-20-13-15-3-1-2-4-19(15)21(20)25-22(31)14-5-9-17(10-6-14)26-24(27-23(32)28-29-24)16-7-11-18(12-8-16)36(33,34)35/h1-12,20-21,26,29-30H,13H2,(H,25,31)(H2,27,28,32)(H,33,34,35)/t20-,21+,24?/m0/s1. The van der Waals surface area contributed by atoms with Crippen LogP contribution in [0.2, 0.25) is 0 Å². The molecule has 1 aliphatic heterocycles. The van der Waals surface area contributed by atoms with Crippen LogP contribution in [0.5, 0.6) is 0 Å². The number of hydrogen-bond acceptors (Lipinski definition) is 7. The molecule has 3 aromatic rings. The minimum Gasteiger partial charge on any atom is -0.390 e. The number of hydrogen-bond donors (Lipinski definition) is 7. The van der Waals surface area contributed by atoms with Crippen molar-refractivity contribution in [2.75, 3.05) is 5.32 Å². The molecule has 11 nitrogen and oxygen atoms in total. The van der Waals surface area contributed by atoms with Crippen molar-refractivity contribution in [2.45, 2.75) is 29.2 Å². The van der Waals surface area contributed by atoms with Crippen LogP contribution in [0.25, 0.3) is 0 Å². The van der Waals surface area contributed by atoms with Gasteiger partial charge in [-0.05, 0) is 47.5 Å². The average Bonchev–Trinajstić information content (AvgIpc) is 3.39. The molecule has 186 valence electrons. The van der Waals surface area contributed by atoms with Crippen molar-refractivity contribution in [3.8, 4) is 0 Å². The number of hydrazine groups is 1. The summed E-state index contributed by atoms with van der Waals surface area (Å²) in [7, 11) is -4.37. The first-order chi connectivity index (χ1) is 17.1. The third-order valence-corrected chi connectivity index (χ3v) is 7.09. The number of carbonyl (C=O) groups excluding carboxylic acids is 2. The molecular weight excluding hydrogens is 486 g/mol. The van der Waals surface area contributed by atoms with E-state index in [4.69, 9.17) is 0 Å². The lowest BCUT2D eigenvalue weighted by Gasteiger charge is -2.31. The third-order valence-electron chi connectivity index (χ3n) is 6.22. The normalized spacial score (nSPS) is 22.9. The molecule has 5 rings (SSSR count). The monoisotopic (exact) mass is 509 g/mol. The quantitative estimate of drug-likeness (QED) is 0.244. The Labute approximate surface area is 206 Å². The van der Waals surface area contributed by atoms with Crippen LogP contribution >= 0.6 is 0 Å². The van der Waals surface area contributed by atoms with Crippen LogP contribution in [-0.4, -0.2) is 36.1 Å². The van der Waals surface area contributed by atoms with Crippen molar-refractivity contribution in [3.05, 3.63) is 95.1 Å². The van der Waals surface area contributed by atoms with Crippen LogP contribution < -0.4 is 26.8 Å². The minimum atomic E-state index is -4.37. The van der Waals surface area contributed by atoms with Crippen LogP contribution in [0.4, 0.5) is 10.5 Å². The Morgan fingerprint density at radius 1 is 1.00 bits per heavy atom. The molecule has 1 aliphatic carbocycles. The number of rotatable bonds is 6. The van der Waals surface area contributed by atoms with Gasteiger partial charge in [0.15, 0.2) is 0 Å². The number of fused-ring (bicyclic) bond motifs is 1. The van der Waals surface area contributed by atoms with Gasteiger partial charge >= 0.3 is 6.03 Å². The zero-order valence-corrected chi connectivity index (χ0v) is 19.5. The second kappa shape index (κ2) is 8.91. The summed E-state index contributed by atoms with van der Waals surface area (Å²) < 4.78 is 31.9. The van der Waals surface area contributed by atoms with E-state index in [-0.39, 0.29) is 10.8 Å². The minimum absolute atomic E-state index is 0.288. The molecule has 0 bridgehead atoms. The van der Waals surface area contributed by atoms with Gasteiger partial charge in [-0.25, -0.2) is 4.79 Å². The molecule has 0 radical (unpaired) electrons. The number of aliphatic hydroxyl groups excluding tert-OH is 1. The fraction of sp³-hybridized carbons (Fsp3) is 0.167. The van der Waals surface area contributed by atoms with Gasteiger partial charge in [-0.1, -0.05) is 36.4 Å². The molecular formula is C24H23N5O6S. The highest BCUT2D eigenvalue weighted by Crippen LogP contribution is 2.31. The summed E-state index contributed by atoms with van der Waals surface area (Å²) in [4.78, 5) is 24.5. The van der Waals surface area contributed by atoms with Crippen molar-refractivity contribution in [3.63, 3.8) is 0 Å². The fourth-order valence-corrected chi connectivity index (χ4v) is 4.91. The SMILES string of the molecule is O=C1NNC(Nc2ccc(C(=O)N[C@@H]3c4ccccc4C[C@@H]3O)cc2)(c2ccc(S(=O)(=O)O)cc2)N1. The van der Waals surface area contributed by atoms with Crippen molar-refractivity contribution < 1.29 is 27.7 Å². The fourth-order valence-electron chi connectivity index (χ4n) is 4.43. The van der Waals surface area contributed by atoms with Crippen molar-refractivity contribution in [1.29, 1.82) is 0 Å². The summed E-state index contributed by atoms with van der Waals surface area (Å²) in [6.45, 7) is 0. The van der Waals surface area contributed by atoms with Gasteiger partial charge in [-0.15, -0.1) is 0 Å². The third kappa shape index (κ3) is 4.50. The van der Waals surface area contributed by atoms with Crippen LogP contribution in [-0.2, 0) is 22.3 Å². The van der Waals surface area contributed by atoms with E-state index in [1.807, 2.05) is 24.3 Å². The van der Waals surface area contributed by atoms with Gasteiger partial charge in [-0.2, -0.15) is 13.8 Å². The van der Waals surface area contributed by atoms with Crippen molar-refractivity contribution in [1.82, 2.24) is 21.5 Å². The van der Waals surface area contributed by atoms with Gasteiger partial charge in [0, 0.05) is 23.2 Å². The van der Waals surface area contributed by atoms with Crippen LogP contribution in [0.1, 0.15) is 33.1 Å². The predicted molar refractivity (Wildman–Crippen MR) is 129 cm³/mol. The number of urea groups is 1. The van der Waals surface area contributed by atoms with Crippen LogP contribution in [0.3, 0.4) is 0 Å². The van der Waals surface area contributed by atoms with Crippen molar-refractivity contribution >= 4 is 27.7 Å². The molecule has 12 heteroatoms. The van der Waals surface area contributed by atoms with E-state index in [0.717, 1.165) is 11.1 Å². The van der Waals surface area contributed by atoms with E-state index < -0.39 is 34.1 Å². The Bertz CT molecular complexity index is 1430. The zero-order chi connectivity index (χ0) is 25.5. The first kappa shape index (κ1) is 23.8. The van der Waals surface area contributed by atoms with Gasteiger partial charge in [0.05, 0.1) is 17.0 Å². The summed E-state index contributed by atoms with van der Waals surface area (Å²) in [5.41, 5.74) is 8.51. The van der Waals surface area contributed by atoms with Crippen LogP contribution in [0, 0.1) is 0 Å². The molecule has 1 unspecified atom stereocenters. The molecule has 3 aromatic carbocycles. The summed E-state index contributed by atoms with van der Waals surface area (Å²) in [5.74, 6) is -1.68. The Morgan fingerprint density at radius 2 is 1.69 bits per heavy atom. The lowest BCUT2D eigenvalue weighted by Crippen LogP contribution is -2.54. The molecule has 0 saturated carbocycles. The van der Waals surface area contributed by atoms with Gasteiger partial charge in [-0.3, -0.25) is 20.1 Å². The molecule has 1 fully saturated rings. The Balaban J connectivity index is 1.33. The smallest absolute Gasteiger partial charge is 0.332 e. The number of amides is 3. The van der Waals surface area contributed by atoms with E-state index in [2.05, 4.69) is 26.8 Å². The number of carbonyl (C=O) groups is 2. The van der Waals surface area contributed by atoms with Gasteiger partial charge in [0.2, 0.25) is 5.79 Å². The van der Waals surface area contributed by atoms with E-state index in [0.29, 0.717) is 23.2 Å². The molecule has 0 spiro atoms. The van der Waals surface area contributed by atoms with E-state index in [1.54, 1.807) is 24.3 Å². The summed E-state index contributed by atoms with van der Waals surface area (Å²) in [5, 5.41) is 19.1. The average molecular weight is 510 g/mol. The maximum Gasteiger partial charge on any atom is 0.332 e. The molecule has 2 aliphatic rings. The lowest BCUT2D eigenvalue weighted by atomic mass is 10.1. The number of anilines is 1. The topological polar surface area (TPSA) is 169 Å². The second-order valence-corrected chi connectivity index (χ2v) is 10.00. The Hall–Kier alpha value is -3.97. The molecule has 36 heavy (non-hydrogen) atoms. The highest BCUT2D eigenvalue weighted by molar-refractivity contribution is 7.85. The number of aliphatic hydroxyl groups is 1. The molecule has 7 N–H and O–H groups in total. The van der Waals surface area contributed by atoms with Gasteiger partial charge < -0.3 is 15.7 Å². The first-order valence-corrected chi connectivity index (χ1v) is 12.5. The summed E-state index contributed by atoms with van der Waals surface area (Å²) in [6.07, 6.45) is -0.228. The van der Waals surface area contributed by atoms with Crippen molar-refractivity contribution in [2.24, 2.45) is 0 Å². The van der Waals surface area contributed by atoms with Gasteiger partial charge in [0.25, 0.3) is 16.0 Å². The maximum absolute atomic E-state index is 12.9. The molecule has 3 amide bonds. The summed E-state index contributed by atoms with van der Waals surface area (Å²) >= 11 is 0. The van der Waals surface area contributed by atoms with Gasteiger partial charge in [0.1, 0.15) is 0 Å². The lowest BCUT2D eigenvalue weighted by molar-refractivity contribution is 0.0858. The predicted octanol–water partition coefficient (Wildman–Crippen LogP) is 1.36. The Morgan fingerprint density at radius 3 is 2.33 bits per heavy atom. The highest BCUT2D eigenvalue weighted by atomic mass is 32.2. The molecule has 3 atom stereocenters. The largest absolute Gasteiger partial charge is 0.390 e.